The highest BCUT2D eigenvalue weighted by Crippen LogP contribution is 2.42. The number of alkyl halides is 6. The predicted molar refractivity (Wildman–Crippen MR) is 103 cm³/mol. The molecule has 2 atom stereocenters. The summed E-state index contributed by atoms with van der Waals surface area (Å²) in [6.45, 7) is -0.0982. The topological polar surface area (TPSA) is 105 Å². The maximum absolute atomic E-state index is 14.7. The lowest BCUT2D eigenvalue weighted by molar-refractivity contribution is -0.151. The van der Waals surface area contributed by atoms with Gasteiger partial charge in [-0.2, -0.15) is 21.9 Å². The molecule has 0 radical (unpaired) electrons. The van der Waals surface area contributed by atoms with E-state index in [-0.39, 0.29) is 48.2 Å². The van der Waals surface area contributed by atoms with Crippen molar-refractivity contribution in [3.05, 3.63) is 29.7 Å². The van der Waals surface area contributed by atoms with Crippen LogP contribution in [0.3, 0.4) is 0 Å². The smallest absolute Gasteiger partial charge is 0.321 e. The number of hydrogen-bond acceptors (Lipinski definition) is 6. The number of amides is 1. The van der Waals surface area contributed by atoms with E-state index in [0.29, 0.717) is 0 Å². The molecule has 8 nitrogen and oxygen atoms in total. The van der Waals surface area contributed by atoms with E-state index >= 15 is 0 Å². The second kappa shape index (κ2) is 8.22. The molecular weight excluding hydrogens is 494 g/mol. The van der Waals surface area contributed by atoms with Crippen molar-refractivity contribution in [1.82, 2.24) is 19.8 Å². The van der Waals surface area contributed by atoms with Crippen molar-refractivity contribution in [2.75, 3.05) is 0 Å². The summed E-state index contributed by atoms with van der Waals surface area (Å²) >= 11 is 0. The summed E-state index contributed by atoms with van der Waals surface area (Å²) in [5.74, 6) is -10.8. The standard InChI is InChI=1S/C19H18F6N4O4S/c1-18(22,23)17(30)26-13-11(3-2-6-19(13,24)25)29-8-10-5-4-9(7-12(10)34(29,31)32)15-27-28-16(33-15)14(20)21/h4-5,7,11,13-14H,2-3,6,8H2,1H3,(H,26,30)/t11-,13+/m1/s1. The Bertz CT molecular complexity index is 1210. The van der Waals surface area contributed by atoms with Crippen LogP contribution in [-0.4, -0.2) is 52.8 Å². The number of benzene rings is 1. The number of sulfonamides is 1. The van der Waals surface area contributed by atoms with Crippen molar-refractivity contribution in [1.29, 1.82) is 0 Å². The average Bonchev–Trinajstić information content (AvgIpc) is 3.32. The summed E-state index contributed by atoms with van der Waals surface area (Å²) in [7, 11) is -4.42. The molecule has 0 spiro atoms. The van der Waals surface area contributed by atoms with Crippen LogP contribution in [0, 0.1) is 0 Å². The largest absolute Gasteiger partial charge is 0.415 e. The van der Waals surface area contributed by atoms with Crippen LogP contribution in [0.15, 0.2) is 27.5 Å². The zero-order valence-electron chi connectivity index (χ0n) is 17.4. The molecule has 1 aliphatic carbocycles. The Labute approximate surface area is 189 Å². The third-order valence-electron chi connectivity index (χ3n) is 5.76. The van der Waals surface area contributed by atoms with E-state index in [1.54, 1.807) is 5.32 Å². The Balaban J connectivity index is 1.67. The van der Waals surface area contributed by atoms with Crippen LogP contribution in [-0.2, 0) is 21.4 Å². The van der Waals surface area contributed by atoms with Gasteiger partial charge in [0.15, 0.2) is 0 Å². The number of halogens is 6. The second-order valence-corrected chi connectivity index (χ2v) is 10.0. The van der Waals surface area contributed by atoms with Gasteiger partial charge in [-0.15, -0.1) is 10.2 Å². The van der Waals surface area contributed by atoms with Crippen molar-refractivity contribution in [3.8, 4) is 11.5 Å². The van der Waals surface area contributed by atoms with Crippen molar-refractivity contribution >= 4 is 15.9 Å². The monoisotopic (exact) mass is 512 g/mol. The number of aromatic nitrogens is 2. The fourth-order valence-electron chi connectivity index (χ4n) is 4.10. The fraction of sp³-hybridized carbons (Fsp3) is 0.526. The lowest BCUT2D eigenvalue weighted by atomic mass is 9.86. The molecule has 1 aliphatic heterocycles. The molecular formula is C19H18F6N4O4S. The third kappa shape index (κ3) is 4.26. The van der Waals surface area contributed by atoms with Crippen LogP contribution in [0.1, 0.15) is 44.1 Å². The number of rotatable bonds is 5. The van der Waals surface area contributed by atoms with Gasteiger partial charge in [0.2, 0.25) is 15.9 Å². The van der Waals surface area contributed by atoms with Crippen molar-refractivity contribution in [2.45, 2.75) is 68.0 Å². The molecule has 2 aromatic rings. The molecule has 4 rings (SSSR count). The lowest BCUT2D eigenvalue weighted by Crippen LogP contribution is -2.63. The van der Waals surface area contributed by atoms with Gasteiger partial charge < -0.3 is 9.73 Å². The van der Waals surface area contributed by atoms with Gasteiger partial charge in [0.25, 0.3) is 17.7 Å². The van der Waals surface area contributed by atoms with Crippen LogP contribution in [0.4, 0.5) is 26.3 Å². The van der Waals surface area contributed by atoms with Crippen molar-refractivity contribution in [3.63, 3.8) is 0 Å². The van der Waals surface area contributed by atoms with E-state index in [9.17, 15) is 39.6 Å². The average molecular weight is 512 g/mol. The minimum absolute atomic E-state index is 0.00743. The first-order chi connectivity index (χ1) is 15.7. The Hall–Kier alpha value is -2.68. The molecule has 0 saturated heterocycles. The van der Waals surface area contributed by atoms with E-state index in [0.717, 1.165) is 10.4 Å². The van der Waals surface area contributed by atoms with Crippen LogP contribution in [0.5, 0.6) is 0 Å². The van der Waals surface area contributed by atoms with Gasteiger partial charge in [-0.3, -0.25) is 4.79 Å². The molecule has 1 aromatic heterocycles. The number of nitrogens with one attached hydrogen (secondary N) is 1. The highest BCUT2D eigenvalue weighted by atomic mass is 32.2. The van der Waals surface area contributed by atoms with Gasteiger partial charge >= 0.3 is 12.3 Å². The van der Waals surface area contributed by atoms with Crippen LogP contribution in [0.25, 0.3) is 11.5 Å². The van der Waals surface area contributed by atoms with Gasteiger partial charge in [-0.25, -0.2) is 17.2 Å². The first-order valence-corrected chi connectivity index (χ1v) is 11.5. The molecule has 0 bridgehead atoms. The molecule has 0 unspecified atom stereocenters. The minimum Gasteiger partial charge on any atom is -0.415 e. The maximum atomic E-state index is 14.7. The molecule has 1 amide bonds. The van der Waals surface area contributed by atoms with Crippen LogP contribution < -0.4 is 5.32 Å². The number of carbonyl (C=O) groups is 1. The van der Waals surface area contributed by atoms with E-state index in [1.807, 2.05) is 0 Å². The number of fused-ring (bicyclic) bond motifs is 1. The summed E-state index contributed by atoms with van der Waals surface area (Å²) in [6, 6.07) is 0.0932. The van der Waals surface area contributed by atoms with Gasteiger partial charge in [-0.05, 0) is 30.5 Å². The molecule has 15 heteroatoms. The van der Waals surface area contributed by atoms with Crippen molar-refractivity contribution < 1.29 is 44.0 Å². The molecule has 34 heavy (non-hydrogen) atoms. The number of nitrogens with zero attached hydrogens (tertiary/aromatic N) is 3. The molecule has 2 aliphatic rings. The maximum Gasteiger partial charge on any atom is 0.321 e. The Morgan fingerprint density at radius 1 is 1.29 bits per heavy atom. The Morgan fingerprint density at radius 3 is 2.62 bits per heavy atom. The summed E-state index contributed by atoms with van der Waals surface area (Å²) in [6.07, 6.45) is -3.95. The molecule has 186 valence electrons. The summed E-state index contributed by atoms with van der Waals surface area (Å²) < 4.78 is 114. The Kier molecular flexibility index (Phi) is 5.91. The number of hydrogen-bond donors (Lipinski definition) is 1. The predicted octanol–water partition coefficient (Wildman–Crippen LogP) is 3.51. The van der Waals surface area contributed by atoms with E-state index < -0.39 is 58.6 Å². The molecule has 1 saturated carbocycles. The lowest BCUT2D eigenvalue weighted by Gasteiger charge is -2.42. The SMILES string of the molecule is CC(F)(F)C(=O)N[C@H]1[C@H](N2Cc3ccc(-c4nnc(C(F)F)o4)cc3S2(=O)=O)CCCC1(F)F. The molecule has 1 fully saturated rings. The third-order valence-corrected chi connectivity index (χ3v) is 7.71. The summed E-state index contributed by atoms with van der Waals surface area (Å²) in [4.78, 5) is 11.5. The normalized spacial score (nSPS) is 24.2. The quantitative estimate of drug-likeness (QED) is 0.615. The van der Waals surface area contributed by atoms with Crippen LogP contribution in [0.2, 0.25) is 0 Å². The zero-order valence-corrected chi connectivity index (χ0v) is 18.3. The van der Waals surface area contributed by atoms with Gasteiger partial charge in [-0.1, -0.05) is 6.07 Å². The van der Waals surface area contributed by atoms with E-state index in [4.69, 9.17) is 4.42 Å². The summed E-state index contributed by atoms with van der Waals surface area (Å²) in [5, 5.41) is 8.27. The minimum atomic E-state index is -4.42. The van der Waals surface area contributed by atoms with Gasteiger partial charge in [0.05, 0.1) is 10.9 Å². The molecule has 1 aromatic carbocycles. The molecule has 1 N–H and O–H groups in total. The van der Waals surface area contributed by atoms with Crippen molar-refractivity contribution in [2.24, 2.45) is 0 Å². The highest BCUT2D eigenvalue weighted by Gasteiger charge is 2.54. The van der Waals surface area contributed by atoms with E-state index in [1.165, 1.54) is 12.1 Å². The van der Waals surface area contributed by atoms with Gasteiger partial charge in [0.1, 0.15) is 6.04 Å². The Morgan fingerprint density at radius 2 is 2.00 bits per heavy atom. The van der Waals surface area contributed by atoms with E-state index in [2.05, 4.69) is 10.2 Å². The molecule has 2 heterocycles. The first-order valence-electron chi connectivity index (χ1n) is 10.0. The highest BCUT2D eigenvalue weighted by molar-refractivity contribution is 7.89. The number of carbonyl (C=O) groups excluding carboxylic acids is 1. The fourth-order valence-corrected chi connectivity index (χ4v) is 5.99. The first kappa shape index (κ1) is 24.4. The van der Waals surface area contributed by atoms with Crippen LogP contribution >= 0.6 is 0 Å². The second-order valence-electron chi connectivity index (χ2n) is 8.18. The van der Waals surface area contributed by atoms with Gasteiger partial charge in [0, 0.05) is 25.5 Å². The summed E-state index contributed by atoms with van der Waals surface area (Å²) in [5.41, 5.74) is 0.213. The zero-order chi connectivity index (χ0) is 25.1.